The third-order valence-electron chi connectivity index (χ3n) is 4.59. The van der Waals surface area contributed by atoms with E-state index in [1.165, 1.54) is 0 Å². The van der Waals surface area contributed by atoms with Gasteiger partial charge in [-0.1, -0.05) is 43.3 Å². The molecule has 1 fully saturated rings. The van der Waals surface area contributed by atoms with E-state index in [0.29, 0.717) is 30.8 Å². The molecule has 0 aliphatic carbocycles. The maximum absolute atomic E-state index is 12.8. The van der Waals surface area contributed by atoms with Crippen molar-refractivity contribution in [3.05, 3.63) is 65.7 Å². The lowest BCUT2D eigenvalue weighted by Gasteiger charge is -2.17. The van der Waals surface area contributed by atoms with Crippen LogP contribution in [-0.2, 0) is 4.79 Å². The Bertz CT molecular complexity index is 761. The maximum atomic E-state index is 12.8. The van der Waals surface area contributed by atoms with Gasteiger partial charge in [0.25, 0.3) is 5.91 Å². The largest absolute Gasteiger partial charge is 0.336 e. The van der Waals surface area contributed by atoms with Crippen molar-refractivity contribution in [2.45, 2.75) is 25.3 Å². The first kappa shape index (κ1) is 17.2. The van der Waals surface area contributed by atoms with Gasteiger partial charge in [0.15, 0.2) is 0 Å². The van der Waals surface area contributed by atoms with Crippen LogP contribution in [0.4, 0.5) is 5.69 Å². The first-order valence-corrected chi connectivity index (χ1v) is 8.58. The van der Waals surface area contributed by atoms with E-state index in [0.717, 1.165) is 5.56 Å². The van der Waals surface area contributed by atoms with Gasteiger partial charge in [0.05, 0.1) is 0 Å². The molecule has 0 unspecified atom stereocenters. The second-order valence-electron chi connectivity index (χ2n) is 6.37. The lowest BCUT2D eigenvalue weighted by molar-refractivity contribution is -0.115. The van der Waals surface area contributed by atoms with Crippen molar-refractivity contribution in [2.75, 3.05) is 18.4 Å². The zero-order valence-electron chi connectivity index (χ0n) is 14.3. The molecule has 3 rings (SSSR count). The van der Waals surface area contributed by atoms with Crippen LogP contribution in [0.3, 0.4) is 0 Å². The number of hydrogen-bond donors (Lipinski definition) is 2. The fourth-order valence-electron chi connectivity index (χ4n) is 3.21. The Morgan fingerprint density at radius 1 is 1.12 bits per heavy atom. The molecule has 2 aromatic carbocycles. The highest BCUT2D eigenvalue weighted by Crippen LogP contribution is 2.27. The van der Waals surface area contributed by atoms with Crippen molar-refractivity contribution >= 4 is 17.5 Å². The van der Waals surface area contributed by atoms with Gasteiger partial charge in [-0.25, -0.2) is 0 Å². The topological polar surface area (TPSA) is 75.4 Å². The predicted octanol–water partition coefficient (Wildman–Crippen LogP) is 2.60. The van der Waals surface area contributed by atoms with Crippen LogP contribution < -0.4 is 11.1 Å². The zero-order valence-corrected chi connectivity index (χ0v) is 14.3. The fourth-order valence-corrected chi connectivity index (χ4v) is 3.21. The number of benzene rings is 2. The van der Waals surface area contributed by atoms with E-state index >= 15 is 0 Å². The first-order chi connectivity index (χ1) is 12.1. The van der Waals surface area contributed by atoms with E-state index in [1.807, 2.05) is 18.2 Å². The van der Waals surface area contributed by atoms with Crippen molar-refractivity contribution in [3.8, 4) is 0 Å². The summed E-state index contributed by atoms with van der Waals surface area (Å²) >= 11 is 0. The summed E-state index contributed by atoms with van der Waals surface area (Å²) in [6, 6.07) is 17.0. The predicted molar refractivity (Wildman–Crippen MR) is 98.4 cm³/mol. The normalized spacial score (nSPS) is 19.7. The summed E-state index contributed by atoms with van der Waals surface area (Å²) in [4.78, 5) is 26.2. The number of nitrogens with two attached hydrogens (primary N) is 1. The lowest BCUT2D eigenvalue weighted by Crippen LogP contribution is -2.32. The average molecular weight is 337 g/mol. The summed E-state index contributed by atoms with van der Waals surface area (Å²) in [6.45, 7) is 2.93. The molecule has 0 spiro atoms. The molecule has 1 heterocycles. The monoisotopic (exact) mass is 337 g/mol. The van der Waals surface area contributed by atoms with E-state index < -0.39 is 0 Å². The van der Waals surface area contributed by atoms with Crippen molar-refractivity contribution in [1.82, 2.24) is 4.90 Å². The van der Waals surface area contributed by atoms with E-state index in [1.54, 1.807) is 36.1 Å². The number of hydrogen-bond acceptors (Lipinski definition) is 3. The fraction of sp³-hybridized carbons (Fsp3) is 0.300. The molecule has 130 valence electrons. The third-order valence-corrected chi connectivity index (χ3v) is 4.59. The van der Waals surface area contributed by atoms with Crippen LogP contribution >= 0.6 is 0 Å². The number of likely N-dealkylation sites (tertiary alicyclic amines) is 1. The highest BCUT2D eigenvalue weighted by Gasteiger charge is 2.34. The van der Waals surface area contributed by atoms with Crippen LogP contribution in [0.15, 0.2) is 54.6 Å². The standard InChI is InChI=1S/C20H23N3O2/c1-2-19(24)22-16-10-6-9-15(11-16)20(25)23-12-17(18(21)13-23)14-7-4-3-5-8-14/h3-11,17-18H,2,12-13,21H2,1H3,(H,22,24)/t17-,18+/m0/s1. The van der Waals surface area contributed by atoms with Crippen LogP contribution in [0.5, 0.6) is 0 Å². The molecular weight excluding hydrogens is 314 g/mol. The highest BCUT2D eigenvalue weighted by atomic mass is 16.2. The third kappa shape index (κ3) is 3.88. The minimum atomic E-state index is -0.0747. The summed E-state index contributed by atoms with van der Waals surface area (Å²) < 4.78 is 0. The van der Waals surface area contributed by atoms with Gasteiger partial charge in [-0.3, -0.25) is 9.59 Å². The summed E-state index contributed by atoms with van der Waals surface area (Å²) in [7, 11) is 0. The molecule has 1 aliphatic heterocycles. The van der Waals surface area contributed by atoms with Gasteiger partial charge in [0.1, 0.15) is 0 Å². The number of rotatable bonds is 4. The number of carbonyl (C=O) groups is 2. The zero-order chi connectivity index (χ0) is 17.8. The Balaban J connectivity index is 1.73. The first-order valence-electron chi connectivity index (χ1n) is 8.58. The molecule has 0 bridgehead atoms. The maximum Gasteiger partial charge on any atom is 0.254 e. The lowest BCUT2D eigenvalue weighted by atomic mass is 9.95. The molecule has 25 heavy (non-hydrogen) atoms. The average Bonchev–Trinajstić information content (AvgIpc) is 3.03. The minimum absolute atomic E-state index is 0.0542. The Morgan fingerprint density at radius 2 is 1.88 bits per heavy atom. The number of anilines is 1. The van der Waals surface area contributed by atoms with Gasteiger partial charge in [0, 0.05) is 42.7 Å². The summed E-state index contributed by atoms with van der Waals surface area (Å²) in [5.41, 5.74) is 8.65. The SMILES string of the molecule is CCC(=O)Nc1cccc(C(=O)N2C[C@@H](N)[C@H](c3ccccc3)C2)c1. The van der Waals surface area contributed by atoms with E-state index in [4.69, 9.17) is 5.73 Å². The summed E-state index contributed by atoms with van der Waals surface area (Å²) in [6.07, 6.45) is 0.401. The van der Waals surface area contributed by atoms with Crippen LogP contribution in [0.25, 0.3) is 0 Å². The van der Waals surface area contributed by atoms with Gasteiger partial charge >= 0.3 is 0 Å². The van der Waals surface area contributed by atoms with Gasteiger partial charge in [0.2, 0.25) is 5.91 Å². The number of nitrogens with one attached hydrogen (secondary N) is 1. The van der Waals surface area contributed by atoms with Gasteiger partial charge < -0.3 is 16.0 Å². The van der Waals surface area contributed by atoms with Crippen LogP contribution in [0.1, 0.15) is 35.2 Å². The summed E-state index contributed by atoms with van der Waals surface area (Å²) in [5, 5.41) is 2.79. The molecular formula is C20H23N3O2. The van der Waals surface area contributed by atoms with Crippen molar-refractivity contribution < 1.29 is 9.59 Å². The summed E-state index contributed by atoms with van der Waals surface area (Å²) in [5.74, 6) is 0.0199. The molecule has 1 saturated heterocycles. The second-order valence-corrected chi connectivity index (χ2v) is 6.37. The van der Waals surface area contributed by atoms with Gasteiger partial charge in [-0.15, -0.1) is 0 Å². The minimum Gasteiger partial charge on any atom is -0.336 e. The van der Waals surface area contributed by atoms with Crippen LogP contribution in [-0.4, -0.2) is 35.8 Å². The molecule has 5 nitrogen and oxygen atoms in total. The van der Waals surface area contributed by atoms with Crippen LogP contribution in [0.2, 0.25) is 0 Å². The number of nitrogens with zero attached hydrogens (tertiary/aromatic N) is 1. The van der Waals surface area contributed by atoms with Crippen LogP contribution in [0, 0.1) is 0 Å². The van der Waals surface area contributed by atoms with Gasteiger partial charge in [-0.05, 0) is 23.8 Å². The Hall–Kier alpha value is -2.66. The molecule has 0 saturated carbocycles. The Kier molecular flexibility index (Phi) is 5.14. The molecule has 0 radical (unpaired) electrons. The molecule has 2 aromatic rings. The second kappa shape index (κ2) is 7.49. The number of amides is 2. The molecule has 5 heteroatoms. The molecule has 1 aliphatic rings. The van der Waals surface area contributed by atoms with Crippen molar-refractivity contribution in [3.63, 3.8) is 0 Å². The van der Waals surface area contributed by atoms with E-state index in [9.17, 15) is 9.59 Å². The number of carbonyl (C=O) groups excluding carboxylic acids is 2. The highest BCUT2D eigenvalue weighted by molar-refractivity contribution is 5.97. The van der Waals surface area contributed by atoms with Crippen molar-refractivity contribution in [1.29, 1.82) is 0 Å². The van der Waals surface area contributed by atoms with Gasteiger partial charge in [-0.2, -0.15) is 0 Å². The molecule has 2 amide bonds. The van der Waals surface area contributed by atoms with E-state index in [-0.39, 0.29) is 23.8 Å². The smallest absolute Gasteiger partial charge is 0.254 e. The van der Waals surface area contributed by atoms with Crippen molar-refractivity contribution in [2.24, 2.45) is 5.73 Å². The molecule has 0 aromatic heterocycles. The van der Waals surface area contributed by atoms with E-state index in [2.05, 4.69) is 17.4 Å². The Labute approximate surface area is 147 Å². The molecule has 3 N–H and O–H groups in total. The quantitative estimate of drug-likeness (QED) is 0.900. The Morgan fingerprint density at radius 3 is 2.60 bits per heavy atom. The molecule has 2 atom stereocenters.